The predicted octanol–water partition coefficient (Wildman–Crippen LogP) is 0.00310. The predicted molar refractivity (Wildman–Crippen MR) is 95.8 cm³/mol. The quantitative estimate of drug-likeness (QED) is 0.828. The molecule has 3 nitrogen and oxygen atoms in total. The van der Waals surface area contributed by atoms with Crippen molar-refractivity contribution in [3.8, 4) is 0 Å². The highest BCUT2D eigenvalue weighted by atomic mass is 35.5. The van der Waals surface area contributed by atoms with Crippen LogP contribution in [0.4, 0.5) is 11.5 Å². The summed E-state index contributed by atoms with van der Waals surface area (Å²) >= 11 is 1.84. The molecule has 3 heterocycles. The summed E-state index contributed by atoms with van der Waals surface area (Å²) in [5.74, 6) is 1.79. The molecule has 0 saturated carbocycles. The molecule has 1 aromatic heterocycles. The normalized spacial score (nSPS) is 17.8. The molecular weight excluding hydrogens is 338 g/mol. The van der Waals surface area contributed by atoms with Crippen LogP contribution in [0.2, 0.25) is 0 Å². The summed E-state index contributed by atoms with van der Waals surface area (Å²) in [5, 5.41) is 0. The number of halogens is 1. The number of pyridine rings is 1. The maximum atomic E-state index is 4.68. The Kier molecular flexibility index (Phi) is 5.69. The summed E-state index contributed by atoms with van der Waals surface area (Å²) in [6.07, 6.45) is 4.71. The van der Waals surface area contributed by atoms with Crippen molar-refractivity contribution in [2.75, 3.05) is 31.1 Å². The van der Waals surface area contributed by atoms with E-state index in [4.69, 9.17) is 0 Å². The average molecular weight is 362 g/mol. The molecule has 0 aliphatic carbocycles. The maximum absolute atomic E-state index is 4.68. The van der Waals surface area contributed by atoms with E-state index in [0.29, 0.717) is 5.92 Å². The van der Waals surface area contributed by atoms with Crippen LogP contribution in [-0.2, 0) is 0 Å². The van der Waals surface area contributed by atoms with E-state index in [9.17, 15) is 0 Å². The highest BCUT2D eigenvalue weighted by Gasteiger charge is 2.27. The van der Waals surface area contributed by atoms with Gasteiger partial charge in [0.25, 0.3) is 0 Å². The molecule has 2 aliphatic heterocycles. The molecule has 1 saturated heterocycles. The number of quaternary nitrogens is 1. The van der Waals surface area contributed by atoms with Crippen LogP contribution >= 0.6 is 11.8 Å². The Labute approximate surface area is 154 Å². The topological polar surface area (TPSA) is 20.6 Å². The van der Waals surface area contributed by atoms with E-state index in [0.717, 1.165) is 12.4 Å². The van der Waals surface area contributed by atoms with Crippen LogP contribution in [0.1, 0.15) is 19.8 Å². The second kappa shape index (κ2) is 7.77. The molecule has 1 atom stereocenters. The molecule has 1 aromatic carbocycles. The first-order valence-electron chi connectivity index (χ1n) is 8.64. The molecule has 5 heteroatoms. The Morgan fingerprint density at radius 2 is 1.88 bits per heavy atom. The Morgan fingerprint density at radius 3 is 2.71 bits per heavy atom. The van der Waals surface area contributed by atoms with Crippen LogP contribution in [0.25, 0.3) is 0 Å². The number of nitrogens with one attached hydrogen (secondary N) is 1. The van der Waals surface area contributed by atoms with Gasteiger partial charge in [-0.15, -0.1) is 0 Å². The van der Waals surface area contributed by atoms with Crippen LogP contribution in [0.5, 0.6) is 0 Å². The number of hydrogen-bond acceptors (Lipinski definition) is 3. The molecule has 0 spiro atoms. The highest BCUT2D eigenvalue weighted by Crippen LogP contribution is 2.46. The van der Waals surface area contributed by atoms with Crippen molar-refractivity contribution in [1.82, 2.24) is 4.98 Å². The van der Waals surface area contributed by atoms with Gasteiger partial charge in [-0.1, -0.05) is 30.8 Å². The number of anilines is 2. The summed E-state index contributed by atoms with van der Waals surface area (Å²) in [6, 6.07) is 12.9. The first kappa shape index (κ1) is 17.6. The van der Waals surface area contributed by atoms with E-state index in [2.05, 4.69) is 47.1 Å². The molecule has 4 rings (SSSR count). The molecule has 1 N–H and O–H groups in total. The smallest absolute Gasteiger partial charge is 0.147 e. The van der Waals surface area contributed by atoms with Crippen molar-refractivity contribution in [3.05, 3.63) is 42.6 Å². The third-order valence-corrected chi connectivity index (χ3v) is 5.93. The van der Waals surface area contributed by atoms with Gasteiger partial charge in [-0.05, 0) is 24.3 Å². The Morgan fingerprint density at radius 1 is 1.12 bits per heavy atom. The van der Waals surface area contributed by atoms with E-state index in [1.54, 1.807) is 4.90 Å². The van der Waals surface area contributed by atoms with Gasteiger partial charge in [-0.2, -0.15) is 0 Å². The second-order valence-corrected chi connectivity index (χ2v) is 7.86. The summed E-state index contributed by atoms with van der Waals surface area (Å²) < 4.78 is 0. The number of aromatic nitrogens is 1. The van der Waals surface area contributed by atoms with Gasteiger partial charge in [0.2, 0.25) is 0 Å². The number of rotatable bonds is 4. The SMILES string of the molecule is CC(CN1c2ccccc2Sc2cccnc21)C[NH+]1CCCC1.[Cl-]. The lowest BCUT2D eigenvalue weighted by atomic mass is 10.1. The average Bonchev–Trinajstić information content (AvgIpc) is 3.07. The molecule has 0 radical (unpaired) electrons. The fourth-order valence-corrected chi connectivity index (χ4v) is 4.86. The van der Waals surface area contributed by atoms with E-state index in [1.165, 1.54) is 48.0 Å². The third kappa shape index (κ3) is 3.56. The summed E-state index contributed by atoms with van der Waals surface area (Å²) in [4.78, 5) is 11.5. The van der Waals surface area contributed by atoms with Gasteiger partial charge < -0.3 is 22.2 Å². The van der Waals surface area contributed by atoms with Crippen molar-refractivity contribution in [1.29, 1.82) is 0 Å². The van der Waals surface area contributed by atoms with Crippen molar-refractivity contribution >= 4 is 23.3 Å². The monoisotopic (exact) mass is 361 g/mol. The van der Waals surface area contributed by atoms with Crippen LogP contribution in [-0.4, -0.2) is 31.2 Å². The van der Waals surface area contributed by atoms with Crippen molar-refractivity contribution in [2.45, 2.75) is 29.6 Å². The van der Waals surface area contributed by atoms with Crippen LogP contribution in [0, 0.1) is 5.92 Å². The van der Waals surface area contributed by atoms with Crippen LogP contribution in [0.15, 0.2) is 52.4 Å². The van der Waals surface area contributed by atoms with Gasteiger partial charge in [0.1, 0.15) is 5.82 Å². The molecule has 0 bridgehead atoms. The highest BCUT2D eigenvalue weighted by molar-refractivity contribution is 7.99. The zero-order valence-electron chi connectivity index (χ0n) is 14.0. The largest absolute Gasteiger partial charge is 1.00 e. The minimum absolute atomic E-state index is 0. The fourth-order valence-electron chi connectivity index (χ4n) is 3.80. The number of benzene rings is 1. The molecule has 2 aliphatic rings. The first-order valence-corrected chi connectivity index (χ1v) is 9.46. The van der Waals surface area contributed by atoms with Gasteiger partial charge in [0, 0.05) is 36.4 Å². The third-order valence-electron chi connectivity index (χ3n) is 4.82. The molecular formula is C19H24ClN3S. The van der Waals surface area contributed by atoms with Gasteiger partial charge in [-0.25, -0.2) is 4.98 Å². The van der Waals surface area contributed by atoms with Gasteiger partial charge in [0.15, 0.2) is 0 Å². The Hall–Kier alpha value is -1.23. The lowest BCUT2D eigenvalue weighted by Crippen LogP contribution is -3.10. The van der Waals surface area contributed by atoms with Crippen molar-refractivity contribution in [2.24, 2.45) is 5.92 Å². The van der Waals surface area contributed by atoms with E-state index >= 15 is 0 Å². The summed E-state index contributed by atoms with van der Waals surface area (Å²) in [5.41, 5.74) is 1.31. The number of para-hydroxylation sites is 1. The Balaban J connectivity index is 0.00000169. The standard InChI is InChI=1S/C19H23N3S.ClH/c1-15(13-21-11-4-5-12-21)14-22-16-7-2-3-8-17(16)23-18-9-6-10-20-19(18)22;/h2-3,6-10,15H,4-5,11-14H2,1H3;1H. The number of likely N-dealkylation sites (tertiary alicyclic amines) is 1. The Bertz CT molecular complexity index is 642. The van der Waals surface area contributed by atoms with Crippen molar-refractivity contribution in [3.63, 3.8) is 0 Å². The lowest BCUT2D eigenvalue weighted by molar-refractivity contribution is -0.890. The molecule has 1 unspecified atom stereocenters. The molecule has 128 valence electrons. The zero-order chi connectivity index (χ0) is 15.6. The molecule has 24 heavy (non-hydrogen) atoms. The lowest BCUT2D eigenvalue weighted by Gasteiger charge is -2.33. The van der Waals surface area contributed by atoms with E-state index < -0.39 is 0 Å². The molecule has 1 fully saturated rings. The summed E-state index contributed by atoms with van der Waals surface area (Å²) in [6.45, 7) is 7.41. The van der Waals surface area contributed by atoms with E-state index in [-0.39, 0.29) is 12.4 Å². The van der Waals surface area contributed by atoms with E-state index in [1.807, 2.05) is 24.0 Å². The van der Waals surface area contributed by atoms with Crippen molar-refractivity contribution < 1.29 is 17.3 Å². The minimum Gasteiger partial charge on any atom is -1.00 e. The van der Waals surface area contributed by atoms with Gasteiger partial charge >= 0.3 is 0 Å². The first-order chi connectivity index (χ1) is 11.3. The number of fused-ring (bicyclic) bond motifs is 2. The van der Waals surface area contributed by atoms with Gasteiger partial charge in [0.05, 0.1) is 30.2 Å². The van der Waals surface area contributed by atoms with Gasteiger partial charge in [-0.3, -0.25) is 0 Å². The maximum Gasteiger partial charge on any atom is 0.147 e. The molecule has 0 amide bonds. The fraction of sp³-hybridized carbons (Fsp3) is 0.421. The number of hydrogen-bond donors (Lipinski definition) is 1. The zero-order valence-corrected chi connectivity index (χ0v) is 15.6. The molecule has 2 aromatic rings. The van der Waals surface area contributed by atoms with Crippen LogP contribution in [0.3, 0.4) is 0 Å². The van der Waals surface area contributed by atoms with Crippen LogP contribution < -0.4 is 22.2 Å². The minimum atomic E-state index is 0. The number of nitrogens with zero attached hydrogens (tertiary/aromatic N) is 2. The second-order valence-electron chi connectivity index (χ2n) is 6.77. The summed E-state index contributed by atoms with van der Waals surface area (Å²) in [7, 11) is 0.